The molecule has 2 amide bonds. The van der Waals surface area contributed by atoms with Crippen LogP contribution in [0.1, 0.15) is 16.7 Å². The molecule has 23 heavy (non-hydrogen) atoms. The number of carbonyl (C=O) groups excluding carboxylic acids is 2. The van der Waals surface area contributed by atoms with Crippen molar-refractivity contribution in [3.05, 3.63) is 65.0 Å². The van der Waals surface area contributed by atoms with Crippen LogP contribution in [0, 0.1) is 12.7 Å². The van der Waals surface area contributed by atoms with Crippen LogP contribution >= 0.6 is 0 Å². The Morgan fingerprint density at radius 1 is 1.09 bits per heavy atom. The molecule has 0 saturated heterocycles. The molecule has 0 aliphatic carbocycles. The molecular weight excluding hydrogens is 299 g/mol. The summed E-state index contributed by atoms with van der Waals surface area (Å²) in [5, 5.41) is 14.1. The maximum Gasteiger partial charge on any atom is 0.313 e. The van der Waals surface area contributed by atoms with Gasteiger partial charge in [0.15, 0.2) is 0 Å². The second-order valence-corrected chi connectivity index (χ2v) is 5.03. The number of aryl methyl sites for hydroxylation is 1. The number of amides is 2. The Balaban J connectivity index is 1.95. The third-order valence-electron chi connectivity index (χ3n) is 3.35. The molecule has 5 nitrogen and oxygen atoms in total. The predicted octanol–water partition coefficient (Wildman–Crippen LogP) is 1.88. The number of nitrogens with one attached hydrogen (secondary N) is 2. The first-order chi connectivity index (χ1) is 11.0. The Morgan fingerprint density at radius 2 is 1.78 bits per heavy atom. The van der Waals surface area contributed by atoms with E-state index in [1.54, 1.807) is 31.2 Å². The fourth-order valence-electron chi connectivity index (χ4n) is 2.05. The molecule has 3 N–H and O–H groups in total. The van der Waals surface area contributed by atoms with E-state index in [1.807, 2.05) is 0 Å². The van der Waals surface area contributed by atoms with Crippen molar-refractivity contribution in [2.75, 3.05) is 5.32 Å². The third kappa shape index (κ3) is 4.37. The van der Waals surface area contributed by atoms with Crippen LogP contribution in [0.2, 0.25) is 0 Å². The lowest BCUT2D eigenvalue weighted by atomic mass is 10.1. The van der Waals surface area contributed by atoms with Gasteiger partial charge in [-0.2, -0.15) is 0 Å². The van der Waals surface area contributed by atoms with Crippen molar-refractivity contribution < 1.29 is 19.1 Å². The highest BCUT2D eigenvalue weighted by Crippen LogP contribution is 2.13. The smallest absolute Gasteiger partial charge is 0.313 e. The van der Waals surface area contributed by atoms with Gasteiger partial charge in [0.05, 0.1) is 6.61 Å². The predicted molar refractivity (Wildman–Crippen MR) is 84.0 cm³/mol. The Bertz CT molecular complexity index is 732. The number of hydrogen-bond donors (Lipinski definition) is 3. The van der Waals surface area contributed by atoms with Gasteiger partial charge < -0.3 is 15.7 Å². The first-order valence-electron chi connectivity index (χ1n) is 7.04. The molecular formula is C17H17FN2O3. The van der Waals surface area contributed by atoms with Gasteiger partial charge in [-0.3, -0.25) is 9.59 Å². The summed E-state index contributed by atoms with van der Waals surface area (Å²) in [5.74, 6) is -2.02. The molecule has 0 spiro atoms. The van der Waals surface area contributed by atoms with Crippen LogP contribution in [0.15, 0.2) is 42.5 Å². The molecule has 0 fully saturated rings. The normalized spacial score (nSPS) is 10.2. The lowest BCUT2D eigenvalue weighted by Crippen LogP contribution is -2.35. The molecule has 0 unspecified atom stereocenters. The minimum Gasteiger partial charge on any atom is -0.392 e. The zero-order valence-corrected chi connectivity index (χ0v) is 12.6. The standard InChI is InChI=1S/C17H17FN2O3/c1-11-8-14(6-7-15(11)18)20-17(23)16(22)19-9-12-4-2-3-5-13(12)10-21/h2-8,21H,9-10H2,1H3,(H,19,22)(H,20,23). The molecule has 0 aliphatic heterocycles. The molecule has 0 saturated carbocycles. The van der Waals surface area contributed by atoms with Crippen LogP contribution in [-0.4, -0.2) is 16.9 Å². The average Bonchev–Trinajstić information content (AvgIpc) is 2.56. The van der Waals surface area contributed by atoms with Crippen LogP contribution < -0.4 is 10.6 Å². The summed E-state index contributed by atoms with van der Waals surface area (Å²) in [5.41, 5.74) is 2.14. The Kier molecular flexibility index (Phi) is 5.43. The van der Waals surface area contributed by atoms with Gasteiger partial charge in [0, 0.05) is 12.2 Å². The van der Waals surface area contributed by atoms with E-state index in [9.17, 15) is 19.1 Å². The fraction of sp³-hybridized carbons (Fsp3) is 0.176. The number of aliphatic hydroxyl groups excluding tert-OH is 1. The minimum absolute atomic E-state index is 0.130. The SMILES string of the molecule is Cc1cc(NC(=O)C(=O)NCc2ccccc2CO)ccc1F. The summed E-state index contributed by atoms with van der Waals surface area (Å²) in [4.78, 5) is 23.6. The molecule has 0 atom stereocenters. The fourth-order valence-corrected chi connectivity index (χ4v) is 2.05. The van der Waals surface area contributed by atoms with Crippen molar-refractivity contribution >= 4 is 17.5 Å². The van der Waals surface area contributed by atoms with E-state index in [-0.39, 0.29) is 19.0 Å². The monoisotopic (exact) mass is 316 g/mol. The lowest BCUT2D eigenvalue weighted by molar-refractivity contribution is -0.136. The molecule has 2 rings (SSSR count). The zero-order chi connectivity index (χ0) is 16.8. The number of anilines is 1. The van der Waals surface area contributed by atoms with Gasteiger partial charge in [-0.05, 0) is 41.8 Å². The largest absolute Gasteiger partial charge is 0.392 e. The molecule has 0 bridgehead atoms. The van der Waals surface area contributed by atoms with Crippen LogP contribution in [0.25, 0.3) is 0 Å². The number of carbonyl (C=O) groups is 2. The molecule has 0 heterocycles. The quantitative estimate of drug-likeness (QED) is 0.754. The maximum absolute atomic E-state index is 13.2. The Labute approximate surface area is 133 Å². The number of aliphatic hydroxyl groups is 1. The lowest BCUT2D eigenvalue weighted by Gasteiger charge is -2.09. The van der Waals surface area contributed by atoms with Gasteiger partial charge >= 0.3 is 11.8 Å². The first-order valence-corrected chi connectivity index (χ1v) is 7.04. The molecule has 2 aromatic rings. The van der Waals surface area contributed by atoms with Gasteiger partial charge in [-0.1, -0.05) is 24.3 Å². The average molecular weight is 316 g/mol. The third-order valence-corrected chi connectivity index (χ3v) is 3.35. The van der Waals surface area contributed by atoms with E-state index in [1.165, 1.54) is 18.2 Å². The highest BCUT2D eigenvalue weighted by molar-refractivity contribution is 6.39. The van der Waals surface area contributed by atoms with E-state index in [0.29, 0.717) is 16.8 Å². The molecule has 120 valence electrons. The van der Waals surface area contributed by atoms with Gasteiger partial charge in [0.2, 0.25) is 0 Å². The summed E-state index contributed by atoms with van der Waals surface area (Å²) in [6, 6.07) is 11.1. The molecule has 2 aromatic carbocycles. The van der Waals surface area contributed by atoms with Gasteiger partial charge in [0.25, 0.3) is 0 Å². The Hall–Kier alpha value is -2.73. The summed E-state index contributed by atoms with van der Waals surface area (Å²) < 4.78 is 13.2. The van der Waals surface area contributed by atoms with Crippen molar-refractivity contribution in [3.63, 3.8) is 0 Å². The summed E-state index contributed by atoms with van der Waals surface area (Å²) in [6.45, 7) is 1.55. The molecule has 0 aliphatic rings. The van der Waals surface area contributed by atoms with Crippen LogP contribution in [0.3, 0.4) is 0 Å². The molecule has 6 heteroatoms. The van der Waals surface area contributed by atoms with Crippen molar-refractivity contribution in [1.29, 1.82) is 0 Å². The van der Waals surface area contributed by atoms with Crippen molar-refractivity contribution in [2.45, 2.75) is 20.1 Å². The minimum atomic E-state index is -0.836. The highest BCUT2D eigenvalue weighted by Gasteiger charge is 2.14. The maximum atomic E-state index is 13.2. The van der Waals surface area contributed by atoms with Crippen molar-refractivity contribution in [1.82, 2.24) is 5.32 Å². The van der Waals surface area contributed by atoms with Crippen LogP contribution in [-0.2, 0) is 22.7 Å². The van der Waals surface area contributed by atoms with Crippen molar-refractivity contribution in [2.24, 2.45) is 0 Å². The molecule has 0 aromatic heterocycles. The highest BCUT2D eigenvalue weighted by atomic mass is 19.1. The van der Waals surface area contributed by atoms with E-state index in [0.717, 1.165) is 5.56 Å². The summed E-state index contributed by atoms with van der Waals surface area (Å²) in [7, 11) is 0. The van der Waals surface area contributed by atoms with Gasteiger partial charge in [-0.15, -0.1) is 0 Å². The van der Waals surface area contributed by atoms with E-state index < -0.39 is 11.8 Å². The second kappa shape index (κ2) is 7.51. The number of benzene rings is 2. The van der Waals surface area contributed by atoms with Crippen molar-refractivity contribution in [3.8, 4) is 0 Å². The second-order valence-electron chi connectivity index (χ2n) is 5.03. The number of rotatable bonds is 4. The van der Waals surface area contributed by atoms with E-state index in [2.05, 4.69) is 10.6 Å². The Morgan fingerprint density at radius 3 is 2.43 bits per heavy atom. The van der Waals surface area contributed by atoms with Gasteiger partial charge in [-0.25, -0.2) is 4.39 Å². The summed E-state index contributed by atoms with van der Waals surface area (Å²) in [6.07, 6.45) is 0. The van der Waals surface area contributed by atoms with Crippen LogP contribution in [0.4, 0.5) is 10.1 Å². The molecule has 0 radical (unpaired) electrons. The summed E-state index contributed by atoms with van der Waals surface area (Å²) >= 11 is 0. The number of halogens is 1. The van der Waals surface area contributed by atoms with Gasteiger partial charge in [0.1, 0.15) is 5.82 Å². The number of hydrogen-bond acceptors (Lipinski definition) is 3. The zero-order valence-electron chi connectivity index (χ0n) is 12.6. The topological polar surface area (TPSA) is 78.4 Å². The van der Waals surface area contributed by atoms with E-state index >= 15 is 0 Å². The first kappa shape index (κ1) is 16.6. The van der Waals surface area contributed by atoms with E-state index in [4.69, 9.17) is 0 Å². The van der Waals surface area contributed by atoms with Crippen LogP contribution in [0.5, 0.6) is 0 Å².